The minimum Gasteiger partial charge on any atom is -0.465 e. The van der Waals surface area contributed by atoms with Crippen LogP contribution >= 0.6 is 0 Å². The lowest BCUT2D eigenvalue weighted by molar-refractivity contribution is -0.151. The smallest absolute Gasteiger partial charge is 0.326 e. The molecule has 1 atom stereocenters. The van der Waals surface area contributed by atoms with Gasteiger partial charge < -0.3 is 14.8 Å². The molecule has 0 radical (unpaired) electrons. The van der Waals surface area contributed by atoms with Gasteiger partial charge in [0.05, 0.1) is 6.61 Å². The van der Waals surface area contributed by atoms with Crippen molar-refractivity contribution in [1.82, 2.24) is 5.32 Å². The summed E-state index contributed by atoms with van der Waals surface area (Å²) in [5, 5.41) is 3.19. The lowest BCUT2D eigenvalue weighted by Gasteiger charge is -2.27. The first kappa shape index (κ1) is 17.4. The highest BCUT2D eigenvalue weighted by Crippen LogP contribution is 2.12. The van der Waals surface area contributed by atoms with E-state index in [0.29, 0.717) is 19.6 Å². The van der Waals surface area contributed by atoms with Gasteiger partial charge in [0, 0.05) is 13.2 Å². The van der Waals surface area contributed by atoms with Crippen molar-refractivity contribution in [3.05, 3.63) is 0 Å². The molecule has 0 saturated heterocycles. The summed E-state index contributed by atoms with van der Waals surface area (Å²) >= 11 is 0. The molecule has 0 aromatic carbocycles. The van der Waals surface area contributed by atoms with Crippen LogP contribution in [0.25, 0.3) is 0 Å². The van der Waals surface area contributed by atoms with E-state index >= 15 is 0 Å². The van der Waals surface area contributed by atoms with Crippen molar-refractivity contribution in [2.75, 3.05) is 26.4 Å². The summed E-state index contributed by atoms with van der Waals surface area (Å²) in [5.74, 6) is -0.191. The minimum absolute atomic E-state index is 0.191. The third-order valence-corrected chi connectivity index (χ3v) is 2.93. The number of esters is 1. The Hall–Kier alpha value is -0.610. The molecule has 108 valence electrons. The Balaban J connectivity index is 3.98. The predicted octanol–water partition coefficient (Wildman–Crippen LogP) is 2.51. The first-order chi connectivity index (χ1) is 8.60. The quantitative estimate of drug-likeness (QED) is 0.457. The molecule has 0 heterocycles. The normalized spacial score (nSPS) is 14.2. The summed E-state index contributed by atoms with van der Waals surface area (Å²) in [5.41, 5.74) is -0.629. The summed E-state index contributed by atoms with van der Waals surface area (Å²) < 4.78 is 10.7. The molecular formula is C14H29NO3. The van der Waals surface area contributed by atoms with Crippen LogP contribution in [0.3, 0.4) is 0 Å². The Morgan fingerprint density at radius 2 is 1.89 bits per heavy atom. The Bertz CT molecular complexity index is 221. The molecule has 18 heavy (non-hydrogen) atoms. The third-order valence-electron chi connectivity index (χ3n) is 2.93. The van der Waals surface area contributed by atoms with Crippen molar-refractivity contribution in [3.8, 4) is 0 Å². The van der Waals surface area contributed by atoms with Crippen LogP contribution in [-0.4, -0.2) is 37.9 Å². The van der Waals surface area contributed by atoms with Crippen LogP contribution in [0.2, 0.25) is 0 Å². The molecular weight excluding hydrogens is 230 g/mol. The molecule has 0 saturated carbocycles. The fourth-order valence-electron chi connectivity index (χ4n) is 1.78. The molecule has 0 amide bonds. The second-order valence-corrected chi connectivity index (χ2v) is 4.65. The molecule has 0 aliphatic heterocycles. The van der Waals surface area contributed by atoms with E-state index in [0.717, 1.165) is 19.6 Å². The highest BCUT2D eigenvalue weighted by atomic mass is 16.5. The molecule has 0 aromatic heterocycles. The maximum atomic E-state index is 11.9. The Labute approximate surface area is 111 Å². The van der Waals surface area contributed by atoms with E-state index in [9.17, 15) is 4.79 Å². The number of carbonyl (C=O) groups is 1. The fourth-order valence-corrected chi connectivity index (χ4v) is 1.78. The van der Waals surface area contributed by atoms with Crippen molar-refractivity contribution < 1.29 is 14.3 Å². The summed E-state index contributed by atoms with van der Waals surface area (Å²) in [4.78, 5) is 11.9. The van der Waals surface area contributed by atoms with Crippen molar-refractivity contribution in [2.24, 2.45) is 0 Å². The zero-order valence-corrected chi connectivity index (χ0v) is 12.4. The van der Waals surface area contributed by atoms with Gasteiger partial charge in [0.1, 0.15) is 5.54 Å². The fraction of sp³-hybridized carbons (Fsp3) is 0.929. The molecule has 0 rings (SSSR count). The topological polar surface area (TPSA) is 47.6 Å². The third kappa shape index (κ3) is 6.97. The van der Waals surface area contributed by atoms with Gasteiger partial charge in [-0.15, -0.1) is 0 Å². The van der Waals surface area contributed by atoms with Gasteiger partial charge in [-0.2, -0.15) is 0 Å². The Morgan fingerprint density at radius 1 is 1.17 bits per heavy atom. The molecule has 1 N–H and O–H groups in total. The first-order valence-corrected chi connectivity index (χ1v) is 7.10. The van der Waals surface area contributed by atoms with E-state index in [-0.39, 0.29) is 5.97 Å². The highest BCUT2D eigenvalue weighted by molar-refractivity contribution is 5.80. The van der Waals surface area contributed by atoms with Crippen LogP contribution in [0.1, 0.15) is 53.4 Å². The van der Waals surface area contributed by atoms with Crippen LogP contribution < -0.4 is 5.32 Å². The lowest BCUT2D eigenvalue weighted by atomic mass is 9.98. The number of nitrogens with one attached hydrogen (secondary N) is 1. The average molecular weight is 259 g/mol. The molecule has 4 nitrogen and oxygen atoms in total. The monoisotopic (exact) mass is 259 g/mol. The number of carbonyl (C=O) groups excluding carboxylic acids is 1. The predicted molar refractivity (Wildman–Crippen MR) is 73.7 cm³/mol. The average Bonchev–Trinajstić information content (AvgIpc) is 2.34. The zero-order chi connectivity index (χ0) is 13.9. The minimum atomic E-state index is -0.629. The summed E-state index contributed by atoms with van der Waals surface area (Å²) in [7, 11) is 0. The van der Waals surface area contributed by atoms with Crippen LogP contribution in [0.5, 0.6) is 0 Å². The standard InChI is InChI=1S/C14H29NO3/c1-5-8-9-11-17-12-10-14(4,15-6-2)13(16)18-7-3/h15H,5-12H2,1-4H3. The van der Waals surface area contributed by atoms with Gasteiger partial charge in [-0.3, -0.25) is 4.79 Å². The number of rotatable bonds is 11. The van der Waals surface area contributed by atoms with Gasteiger partial charge in [-0.1, -0.05) is 26.7 Å². The van der Waals surface area contributed by atoms with Gasteiger partial charge in [0.2, 0.25) is 0 Å². The molecule has 0 aliphatic carbocycles. The maximum absolute atomic E-state index is 11.9. The van der Waals surface area contributed by atoms with Crippen LogP contribution in [-0.2, 0) is 14.3 Å². The lowest BCUT2D eigenvalue weighted by Crippen LogP contribution is -2.51. The van der Waals surface area contributed by atoms with Gasteiger partial charge in [0.25, 0.3) is 0 Å². The molecule has 0 aliphatic rings. The van der Waals surface area contributed by atoms with E-state index in [1.165, 1.54) is 12.8 Å². The molecule has 0 spiro atoms. The van der Waals surface area contributed by atoms with E-state index in [1.807, 2.05) is 20.8 Å². The van der Waals surface area contributed by atoms with Gasteiger partial charge in [-0.25, -0.2) is 0 Å². The van der Waals surface area contributed by atoms with Crippen LogP contribution in [0.4, 0.5) is 0 Å². The second kappa shape index (κ2) is 10.3. The summed E-state index contributed by atoms with van der Waals surface area (Å²) in [6.07, 6.45) is 4.13. The highest BCUT2D eigenvalue weighted by Gasteiger charge is 2.33. The molecule has 0 bridgehead atoms. The van der Waals surface area contributed by atoms with Crippen molar-refractivity contribution in [1.29, 1.82) is 0 Å². The zero-order valence-electron chi connectivity index (χ0n) is 12.4. The number of ether oxygens (including phenoxy) is 2. The van der Waals surface area contributed by atoms with Crippen LogP contribution in [0, 0.1) is 0 Å². The Morgan fingerprint density at radius 3 is 2.44 bits per heavy atom. The number of hydrogen-bond acceptors (Lipinski definition) is 4. The van der Waals surface area contributed by atoms with Crippen molar-refractivity contribution >= 4 is 5.97 Å². The van der Waals surface area contributed by atoms with E-state index in [2.05, 4.69) is 12.2 Å². The van der Waals surface area contributed by atoms with Crippen LogP contribution in [0.15, 0.2) is 0 Å². The largest absolute Gasteiger partial charge is 0.465 e. The first-order valence-electron chi connectivity index (χ1n) is 7.10. The van der Waals surface area contributed by atoms with E-state index < -0.39 is 5.54 Å². The van der Waals surface area contributed by atoms with Gasteiger partial charge in [0.15, 0.2) is 0 Å². The maximum Gasteiger partial charge on any atom is 0.326 e. The summed E-state index contributed by atoms with van der Waals surface area (Å²) in [6, 6.07) is 0. The van der Waals surface area contributed by atoms with Gasteiger partial charge in [-0.05, 0) is 33.2 Å². The van der Waals surface area contributed by atoms with Crippen molar-refractivity contribution in [2.45, 2.75) is 58.9 Å². The van der Waals surface area contributed by atoms with Crippen molar-refractivity contribution in [3.63, 3.8) is 0 Å². The molecule has 1 unspecified atom stereocenters. The second-order valence-electron chi connectivity index (χ2n) is 4.65. The Kier molecular flexibility index (Phi) is 9.98. The van der Waals surface area contributed by atoms with E-state index in [1.54, 1.807) is 0 Å². The number of likely N-dealkylation sites (N-methyl/N-ethyl adjacent to an activating group) is 1. The number of unbranched alkanes of at least 4 members (excludes halogenated alkanes) is 2. The molecule has 0 fully saturated rings. The summed E-state index contributed by atoms with van der Waals surface area (Å²) in [6.45, 7) is 10.4. The molecule has 0 aromatic rings. The number of hydrogen-bond donors (Lipinski definition) is 1. The molecule has 4 heteroatoms. The SMILES string of the molecule is CCCCCOCCC(C)(NCC)C(=O)OCC. The van der Waals surface area contributed by atoms with Gasteiger partial charge >= 0.3 is 5.97 Å². The van der Waals surface area contributed by atoms with E-state index in [4.69, 9.17) is 9.47 Å².